The van der Waals surface area contributed by atoms with E-state index in [-0.39, 0.29) is 17.3 Å². The van der Waals surface area contributed by atoms with Gasteiger partial charge in [0.15, 0.2) is 0 Å². The van der Waals surface area contributed by atoms with Crippen LogP contribution in [0.5, 0.6) is 5.75 Å². The Morgan fingerprint density at radius 2 is 1.76 bits per heavy atom. The third-order valence-electron chi connectivity index (χ3n) is 4.22. The summed E-state index contributed by atoms with van der Waals surface area (Å²) in [6.45, 7) is 0.305. The van der Waals surface area contributed by atoms with Crippen LogP contribution in [0.2, 0.25) is 0 Å². The number of carbonyl (C=O) groups is 1. The molecule has 2 aromatic heterocycles. The summed E-state index contributed by atoms with van der Waals surface area (Å²) in [4.78, 5) is 17.7. The van der Waals surface area contributed by atoms with Crippen LogP contribution in [-0.4, -0.2) is 37.6 Å². The third kappa shape index (κ3) is 6.26. The van der Waals surface area contributed by atoms with Crippen LogP contribution in [-0.2, 0) is 6.54 Å². The number of aromatic nitrogens is 5. The minimum absolute atomic E-state index is 0.269. The number of halogens is 3. The predicted octanol–water partition coefficient (Wildman–Crippen LogP) is 4.33. The molecule has 9 nitrogen and oxygen atoms in total. The molecular formula is C21H16F3N7O2. The fourth-order valence-corrected chi connectivity index (χ4v) is 2.84. The van der Waals surface area contributed by atoms with Gasteiger partial charge in [0.1, 0.15) is 11.6 Å². The Bertz CT molecular complexity index is 1230. The van der Waals surface area contributed by atoms with E-state index in [4.69, 9.17) is 0 Å². The number of carbonyl (C=O) groups excluding carboxylic acids is 1. The maximum Gasteiger partial charge on any atom is 0.573 e. The first-order valence-corrected chi connectivity index (χ1v) is 9.56. The van der Waals surface area contributed by atoms with Gasteiger partial charge in [-0.2, -0.15) is 4.80 Å². The van der Waals surface area contributed by atoms with Crippen LogP contribution in [0.4, 0.5) is 29.5 Å². The summed E-state index contributed by atoms with van der Waals surface area (Å²) >= 11 is 0. The van der Waals surface area contributed by atoms with E-state index in [0.29, 0.717) is 12.4 Å². The number of hydrogen-bond acceptors (Lipinski definition) is 6. The first kappa shape index (κ1) is 21.7. The Morgan fingerprint density at radius 1 is 1.00 bits per heavy atom. The Balaban J connectivity index is 1.35. The summed E-state index contributed by atoms with van der Waals surface area (Å²) in [7, 11) is 0. The maximum absolute atomic E-state index is 12.2. The van der Waals surface area contributed by atoms with Crippen LogP contribution in [0.3, 0.4) is 0 Å². The van der Waals surface area contributed by atoms with Crippen LogP contribution < -0.4 is 15.4 Å². The zero-order valence-electron chi connectivity index (χ0n) is 16.8. The van der Waals surface area contributed by atoms with Gasteiger partial charge in [0.2, 0.25) is 5.82 Å². The highest BCUT2D eigenvalue weighted by Crippen LogP contribution is 2.24. The van der Waals surface area contributed by atoms with E-state index in [1.807, 2.05) is 30.3 Å². The number of rotatable bonds is 6. The molecule has 0 saturated heterocycles. The molecule has 2 amide bonds. The molecule has 0 bridgehead atoms. The summed E-state index contributed by atoms with van der Waals surface area (Å²) in [6.07, 6.45) is -3.27. The van der Waals surface area contributed by atoms with E-state index < -0.39 is 12.4 Å². The standard InChI is InChI=1S/C21H16F3N7O2/c22-21(23,24)33-17-8-6-16(7-9-17)26-20(32)27-18-12-14(10-11-25-18)13-31-29-19(28-30-31)15-4-2-1-3-5-15/h1-12H,13H2,(H2,25,26,27,32). The first-order valence-electron chi connectivity index (χ1n) is 9.56. The fourth-order valence-electron chi connectivity index (χ4n) is 2.84. The van der Waals surface area contributed by atoms with E-state index in [1.54, 1.807) is 12.1 Å². The molecule has 0 aliphatic rings. The molecule has 0 aliphatic heterocycles. The molecule has 4 rings (SSSR count). The van der Waals surface area contributed by atoms with Crippen molar-refractivity contribution in [2.45, 2.75) is 12.9 Å². The van der Waals surface area contributed by atoms with E-state index in [0.717, 1.165) is 23.3 Å². The van der Waals surface area contributed by atoms with Crippen molar-refractivity contribution in [3.63, 3.8) is 0 Å². The largest absolute Gasteiger partial charge is 0.573 e. The molecule has 2 heterocycles. The van der Waals surface area contributed by atoms with Crippen LogP contribution in [0.25, 0.3) is 11.4 Å². The Labute approximate surface area is 185 Å². The second-order valence-corrected chi connectivity index (χ2v) is 6.71. The van der Waals surface area contributed by atoms with E-state index in [1.165, 1.54) is 23.1 Å². The average molecular weight is 455 g/mol. The van der Waals surface area contributed by atoms with Gasteiger partial charge in [0.05, 0.1) is 6.54 Å². The average Bonchev–Trinajstić information content (AvgIpc) is 3.23. The van der Waals surface area contributed by atoms with Crippen molar-refractivity contribution in [2.75, 3.05) is 10.6 Å². The molecule has 12 heteroatoms. The van der Waals surface area contributed by atoms with E-state index in [9.17, 15) is 18.0 Å². The van der Waals surface area contributed by atoms with Crippen LogP contribution in [0, 0.1) is 0 Å². The van der Waals surface area contributed by atoms with Crippen molar-refractivity contribution in [3.8, 4) is 17.1 Å². The van der Waals surface area contributed by atoms with Gasteiger partial charge in [-0.05, 0) is 47.2 Å². The van der Waals surface area contributed by atoms with Crippen molar-refractivity contribution < 1.29 is 22.7 Å². The molecule has 0 unspecified atom stereocenters. The highest BCUT2D eigenvalue weighted by molar-refractivity contribution is 5.99. The van der Waals surface area contributed by atoms with Crippen molar-refractivity contribution in [2.24, 2.45) is 0 Å². The minimum atomic E-state index is -4.78. The molecule has 2 aromatic carbocycles. The molecule has 33 heavy (non-hydrogen) atoms. The molecular weight excluding hydrogens is 439 g/mol. The van der Waals surface area contributed by atoms with Crippen molar-refractivity contribution in [1.29, 1.82) is 0 Å². The number of urea groups is 1. The summed E-state index contributed by atoms with van der Waals surface area (Å²) < 4.78 is 40.5. The van der Waals surface area contributed by atoms with Gasteiger partial charge in [-0.25, -0.2) is 9.78 Å². The quantitative estimate of drug-likeness (QED) is 0.448. The minimum Gasteiger partial charge on any atom is -0.406 e. The number of pyridine rings is 1. The zero-order chi connectivity index (χ0) is 23.3. The molecule has 0 spiro atoms. The number of tetrazole rings is 1. The molecule has 0 fully saturated rings. The number of ether oxygens (including phenoxy) is 1. The number of benzene rings is 2. The topological polar surface area (TPSA) is 107 Å². The molecule has 0 aliphatic carbocycles. The lowest BCUT2D eigenvalue weighted by molar-refractivity contribution is -0.274. The highest BCUT2D eigenvalue weighted by atomic mass is 19.4. The first-order chi connectivity index (χ1) is 15.8. The molecule has 168 valence electrons. The van der Waals surface area contributed by atoms with E-state index in [2.05, 4.69) is 35.8 Å². The van der Waals surface area contributed by atoms with Crippen LogP contribution >= 0.6 is 0 Å². The number of alkyl halides is 3. The SMILES string of the molecule is O=C(Nc1ccc(OC(F)(F)F)cc1)Nc1cc(Cn2nnc(-c3ccccc3)n2)ccn1. The number of nitrogens with zero attached hydrogens (tertiary/aromatic N) is 5. The second-order valence-electron chi connectivity index (χ2n) is 6.71. The van der Waals surface area contributed by atoms with Gasteiger partial charge < -0.3 is 10.1 Å². The predicted molar refractivity (Wildman–Crippen MR) is 112 cm³/mol. The van der Waals surface area contributed by atoms with Crippen molar-refractivity contribution in [3.05, 3.63) is 78.5 Å². The third-order valence-corrected chi connectivity index (χ3v) is 4.22. The maximum atomic E-state index is 12.2. The molecule has 4 aromatic rings. The lowest BCUT2D eigenvalue weighted by Crippen LogP contribution is -2.20. The smallest absolute Gasteiger partial charge is 0.406 e. The summed E-state index contributed by atoms with van der Waals surface area (Å²) in [5, 5.41) is 17.5. The summed E-state index contributed by atoms with van der Waals surface area (Å²) in [5.41, 5.74) is 1.89. The number of hydrogen-bond donors (Lipinski definition) is 2. The monoisotopic (exact) mass is 455 g/mol. The van der Waals surface area contributed by atoms with Gasteiger partial charge in [-0.3, -0.25) is 5.32 Å². The molecule has 0 saturated carbocycles. The molecule has 2 N–H and O–H groups in total. The number of amides is 2. The van der Waals surface area contributed by atoms with E-state index >= 15 is 0 Å². The van der Waals surface area contributed by atoms with Crippen LogP contribution in [0.1, 0.15) is 5.56 Å². The molecule has 0 atom stereocenters. The van der Waals surface area contributed by atoms with Gasteiger partial charge in [0, 0.05) is 17.4 Å². The Hall–Kier alpha value is -4.48. The van der Waals surface area contributed by atoms with Gasteiger partial charge >= 0.3 is 12.4 Å². The van der Waals surface area contributed by atoms with Gasteiger partial charge in [-0.15, -0.1) is 23.4 Å². The number of anilines is 2. The molecule has 0 radical (unpaired) electrons. The van der Waals surface area contributed by atoms with Gasteiger partial charge in [0.25, 0.3) is 0 Å². The lowest BCUT2D eigenvalue weighted by atomic mass is 10.2. The summed E-state index contributed by atoms with van der Waals surface area (Å²) in [6, 6.07) is 16.9. The van der Waals surface area contributed by atoms with Crippen molar-refractivity contribution >= 4 is 17.5 Å². The van der Waals surface area contributed by atoms with Crippen molar-refractivity contribution in [1.82, 2.24) is 25.2 Å². The zero-order valence-corrected chi connectivity index (χ0v) is 16.8. The van der Waals surface area contributed by atoms with Gasteiger partial charge in [-0.1, -0.05) is 30.3 Å². The Morgan fingerprint density at radius 3 is 2.48 bits per heavy atom. The number of nitrogens with one attached hydrogen (secondary N) is 2. The normalized spacial score (nSPS) is 11.1. The van der Waals surface area contributed by atoms with Crippen LogP contribution in [0.15, 0.2) is 72.9 Å². The fraction of sp³-hybridized carbons (Fsp3) is 0.0952. The Kier molecular flexibility index (Phi) is 6.15. The second kappa shape index (κ2) is 9.34. The summed E-state index contributed by atoms with van der Waals surface area (Å²) in [5.74, 6) is 0.374. The highest BCUT2D eigenvalue weighted by Gasteiger charge is 2.30. The lowest BCUT2D eigenvalue weighted by Gasteiger charge is -2.10.